The summed E-state index contributed by atoms with van der Waals surface area (Å²) in [4.78, 5) is 2.19. The van der Waals surface area contributed by atoms with Crippen molar-refractivity contribution in [3.8, 4) is 6.07 Å². The molecule has 1 aliphatic heterocycles. The summed E-state index contributed by atoms with van der Waals surface area (Å²) in [6.45, 7) is 2.47. The molecule has 16 heavy (non-hydrogen) atoms. The molecule has 0 radical (unpaired) electrons. The number of likely N-dealkylation sites (tertiary alicyclic amines) is 1. The van der Waals surface area contributed by atoms with Gasteiger partial charge in [0.25, 0.3) is 0 Å². The van der Waals surface area contributed by atoms with Crippen LogP contribution in [0.15, 0.2) is 18.2 Å². The third-order valence-corrected chi connectivity index (χ3v) is 2.90. The molecule has 3 nitrogen and oxygen atoms in total. The van der Waals surface area contributed by atoms with E-state index in [1.54, 1.807) is 6.07 Å². The van der Waals surface area contributed by atoms with E-state index >= 15 is 0 Å². The third kappa shape index (κ3) is 2.38. The first-order valence-electron chi connectivity index (χ1n) is 5.35. The molecule has 0 amide bonds. The zero-order valence-corrected chi connectivity index (χ0v) is 8.99. The zero-order chi connectivity index (χ0) is 11.5. The van der Waals surface area contributed by atoms with E-state index in [4.69, 9.17) is 11.0 Å². The van der Waals surface area contributed by atoms with Crippen LogP contribution in [0.3, 0.4) is 0 Å². The molecule has 0 saturated carbocycles. The highest BCUT2D eigenvalue weighted by Gasteiger charge is 2.19. The van der Waals surface area contributed by atoms with Crippen molar-refractivity contribution in [2.75, 3.05) is 13.1 Å². The fourth-order valence-electron chi connectivity index (χ4n) is 2.04. The molecule has 84 valence electrons. The Bertz CT molecular complexity index is 425. The maximum Gasteiger partial charge on any atom is 0.124 e. The molecule has 1 atom stereocenters. The Labute approximate surface area is 94.3 Å². The number of rotatable bonds is 2. The summed E-state index contributed by atoms with van der Waals surface area (Å²) in [7, 11) is 0. The predicted octanol–water partition coefficient (Wildman–Crippen LogP) is 1.23. The highest BCUT2D eigenvalue weighted by molar-refractivity contribution is 5.37. The SMILES string of the molecule is N#Cc1cc(F)ccc1CN1CC[C@H](N)C1. The van der Waals surface area contributed by atoms with Crippen LogP contribution in [0.5, 0.6) is 0 Å². The fourth-order valence-corrected chi connectivity index (χ4v) is 2.04. The summed E-state index contributed by atoms with van der Waals surface area (Å²) in [5.74, 6) is -0.363. The van der Waals surface area contributed by atoms with Gasteiger partial charge in [-0.15, -0.1) is 0 Å². The lowest BCUT2D eigenvalue weighted by Crippen LogP contribution is -2.26. The quantitative estimate of drug-likeness (QED) is 0.814. The topological polar surface area (TPSA) is 53.0 Å². The number of hydrogen-bond donors (Lipinski definition) is 1. The molecule has 0 bridgehead atoms. The largest absolute Gasteiger partial charge is 0.326 e. The number of nitrogens with zero attached hydrogens (tertiary/aromatic N) is 2. The van der Waals surface area contributed by atoms with Crippen molar-refractivity contribution >= 4 is 0 Å². The molecule has 1 aromatic carbocycles. The van der Waals surface area contributed by atoms with E-state index in [2.05, 4.69) is 4.90 Å². The van der Waals surface area contributed by atoms with Gasteiger partial charge < -0.3 is 5.73 Å². The van der Waals surface area contributed by atoms with Gasteiger partial charge in [-0.2, -0.15) is 5.26 Å². The minimum absolute atomic E-state index is 0.228. The Morgan fingerprint density at radius 3 is 3.00 bits per heavy atom. The van der Waals surface area contributed by atoms with Crippen LogP contribution in [-0.2, 0) is 6.54 Å². The molecule has 0 spiro atoms. The van der Waals surface area contributed by atoms with Crippen molar-refractivity contribution in [2.45, 2.75) is 19.0 Å². The molecule has 4 heteroatoms. The van der Waals surface area contributed by atoms with Gasteiger partial charge in [-0.3, -0.25) is 4.90 Å². The molecule has 1 saturated heterocycles. The molecule has 2 N–H and O–H groups in total. The van der Waals surface area contributed by atoms with Crippen molar-refractivity contribution in [1.29, 1.82) is 5.26 Å². The van der Waals surface area contributed by atoms with E-state index in [0.29, 0.717) is 12.1 Å². The van der Waals surface area contributed by atoms with E-state index < -0.39 is 0 Å². The molecule has 0 unspecified atom stereocenters. The maximum atomic E-state index is 12.9. The van der Waals surface area contributed by atoms with Gasteiger partial charge in [0.2, 0.25) is 0 Å². The molecule has 2 rings (SSSR count). The zero-order valence-electron chi connectivity index (χ0n) is 8.99. The number of benzene rings is 1. The van der Waals surface area contributed by atoms with Gasteiger partial charge in [-0.25, -0.2) is 4.39 Å². The van der Waals surface area contributed by atoms with Crippen LogP contribution in [-0.4, -0.2) is 24.0 Å². The van der Waals surface area contributed by atoms with Crippen molar-refractivity contribution < 1.29 is 4.39 Å². The van der Waals surface area contributed by atoms with Gasteiger partial charge in [0.05, 0.1) is 11.6 Å². The van der Waals surface area contributed by atoms with E-state index in [-0.39, 0.29) is 11.9 Å². The average molecular weight is 219 g/mol. The van der Waals surface area contributed by atoms with Gasteiger partial charge in [0.15, 0.2) is 0 Å². The summed E-state index contributed by atoms with van der Waals surface area (Å²) in [6.07, 6.45) is 0.989. The number of nitriles is 1. The van der Waals surface area contributed by atoms with Gasteiger partial charge in [-0.1, -0.05) is 6.07 Å². The molecule has 1 aromatic rings. The predicted molar refractivity (Wildman–Crippen MR) is 59.0 cm³/mol. The Morgan fingerprint density at radius 2 is 2.38 bits per heavy atom. The first-order chi connectivity index (χ1) is 7.69. The Morgan fingerprint density at radius 1 is 1.56 bits per heavy atom. The van der Waals surface area contributed by atoms with Gasteiger partial charge in [-0.05, 0) is 24.1 Å². The van der Waals surface area contributed by atoms with E-state index in [9.17, 15) is 4.39 Å². The van der Waals surface area contributed by atoms with Crippen LogP contribution in [0.1, 0.15) is 17.5 Å². The Hall–Kier alpha value is -1.44. The van der Waals surface area contributed by atoms with Crippen molar-refractivity contribution in [2.24, 2.45) is 5.73 Å². The second-order valence-electron chi connectivity index (χ2n) is 4.20. The average Bonchev–Trinajstić information content (AvgIpc) is 2.67. The van der Waals surface area contributed by atoms with E-state index in [0.717, 1.165) is 25.1 Å². The summed E-state index contributed by atoms with van der Waals surface area (Å²) in [6, 6.07) is 6.61. The standard InChI is InChI=1S/C12H14FN3/c13-11-2-1-9(10(5-11)6-14)7-16-4-3-12(15)8-16/h1-2,5,12H,3-4,7-8,15H2/t12-/m0/s1. The lowest BCUT2D eigenvalue weighted by molar-refractivity contribution is 0.326. The van der Waals surface area contributed by atoms with Crippen LogP contribution >= 0.6 is 0 Å². The molecule has 1 aliphatic rings. The molecule has 1 fully saturated rings. The van der Waals surface area contributed by atoms with Crippen LogP contribution in [0, 0.1) is 17.1 Å². The van der Waals surface area contributed by atoms with Crippen LogP contribution in [0.25, 0.3) is 0 Å². The lowest BCUT2D eigenvalue weighted by Gasteiger charge is -2.15. The second-order valence-corrected chi connectivity index (χ2v) is 4.20. The van der Waals surface area contributed by atoms with E-state index in [1.807, 2.05) is 6.07 Å². The minimum atomic E-state index is -0.363. The highest BCUT2D eigenvalue weighted by atomic mass is 19.1. The summed E-state index contributed by atoms with van der Waals surface area (Å²) < 4.78 is 12.9. The number of halogens is 1. The highest BCUT2D eigenvalue weighted by Crippen LogP contribution is 2.16. The Kier molecular flexibility index (Phi) is 3.18. The van der Waals surface area contributed by atoms with Crippen LogP contribution in [0.2, 0.25) is 0 Å². The minimum Gasteiger partial charge on any atom is -0.326 e. The summed E-state index contributed by atoms with van der Waals surface area (Å²) >= 11 is 0. The van der Waals surface area contributed by atoms with Crippen molar-refractivity contribution in [1.82, 2.24) is 4.90 Å². The summed E-state index contributed by atoms with van der Waals surface area (Å²) in [5.41, 5.74) is 7.10. The van der Waals surface area contributed by atoms with E-state index in [1.165, 1.54) is 12.1 Å². The molecular formula is C12H14FN3. The normalized spacial score (nSPS) is 20.9. The van der Waals surface area contributed by atoms with Gasteiger partial charge in [0.1, 0.15) is 5.82 Å². The van der Waals surface area contributed by atoms with Gasteiger partial charge in [0, 0.05) is 25.7 Å². The number of nitrogens with two attached hydrogens (primary N) is 1. The van der Waals surface area contributed by atoms with Crippen molar-refractivity contribution in [3.05, 3.63) is 35.1 Å². The maximum absolute atomic E-state index is 12.9. The molecule has 1 heterocycles. The molecule has 0 aromatic heterocycles. The first kappa shape index (κ1) is 11.1. The monoisotopic (exact) mass is 219 g/mol. The fraction of sp³-hybridized carbons (Fsp3) is 0.417. The second kappa shape index (κ2) is 4.60. The third-order valence-electron chi connectivity index (χ3n) is 2.90. The summed E-state index contributed by atoms with van der Waals surface area (Å²) in [5, 5.41) is 8.91. The first-order valence-corrected chi connectivity index (χ1v) is 5.35. The van der Waals surface area contributed by atoms with Crippen LogP contribution in [0.4, 0.5) is 4.39 Å². The van der Waals surface area contributed by atoms with Crippen LogP contribution < -0.4 is 5.73 Å². The van der Waals surface area contributed by atoms with Gasteiger partial charge >= 0.3 is 0 Å². The number of hydrogen-bond acceptors (Lipinski definition) is 3. The molecule has 0 aliphatic carbocycles. The molecular weight excluding hydrogens is 205 g/mol. The lowest BCUT2D eigenvalue weighted by atomic mass is 10.1. The Balaban J connectivity index is 2.12. The van der Waals surface area contributed by atoms with Crippen molar-refractivity contribution in [3.63, 3.8) is 0 Å². The smallest absolute Gasteiger partial charge is 0.124 e.